The second-order valence-electron chi connectivity index (χ2n) is 8.94. The van der Waals surface area contributed by atoms with E-state index < -0.39 is 9.84 Å². The van der Waals surface area contributed by atoms with Gasteiger partial charge in [0, 0.05) is 24.2 Å². The second kappa shape index (κ2) is 8.73. The van der Waals surface area contributed by atoms with E-state index in [1.807, 2.05) is 6.92 Å². The van der Waals surface area contributed by atoms with Gasteiger partial charge in [-0.15, -0.1) is 0 Å². The smallest absolute Gasteiger partial charge is 0.261 e. The summed E-state index contributed by atoms with van der Waals surface area (Å²) in [6.45, 7) is 2.50. The first kappa shape index (κ1) is 22.0. The van der Waals surface area contributed by atoms with E-state index in [4.69, 9.17) is 0 Å². The Bertz CT molecular complexity index is 997. The molecule has 3 amide bonds. The molecule has 4 rings (SSSR count). The number of hydrogen-bond acceptors (Lipinski definition) is 5. The molecule has 2 aliphatic heterocycles. The standard InChI is InChI=1S/C23H30N2O5S/c1-2-3-12-24(18-11-13-31(29,30)15-18)21(26)16-9-10-19-20(14-16)23(28)25(22(19)27)17-7-5-4-6-8-17/h9-10,14,17-18H,2-8,11-13,15H2,1H3. The fourth-order valence-electron chi connectivity index (χ4n) is 5.03. The van der Waals surface area contributed by atoms with Crippen LogP contribution < -0.4 is 0 Å². The van der Waals surface area contributed by atoms with Crippen molar-refractivity contribution in [2.24, 2.45) is 0 Å². The monoisotopic (exact) mass is 446 g/mol. The quantitative estimate of drug-likeness (QED) is 0.627. The number of imide groups is 1. The molecule has 0 radical (unpaired) electrons. The Morgan fingerprint density at radius 1 is 1.06 bits per heavy atom. The van der Waals surface area contributed by atoms with Crippen LogP contribution in [0.15, 0.2) is 18.2 Å². The van der Waals surface area contributed by atoms with Gasteiger partial charge in [0.05, 0.1) is 22.6 Å². The van der Waals surface area contributed by atoms with Gasteiger partial charge in [-0.2, -0.15) is 0 Å². The summed E-state index contributed by atoms with van der Waals surface area (Å²) < 4.78 is 23.9. The maximum atomic E-state index is 13.3. The number of benzene rings is 1. The summed E-state index contributed by atoms with van der Waals surface area (Å²) >= 11 is 0. The zero-order chi connectivity index (χ0) is 22.2. The third kappa shape index (κ3) is 4.27. The molecule has 1 saturated carbocycles. The van der Waals surface area contributed by atoms with E-state index >= 15 is 0 Å². The number of nitrogens with zero attached hydrogens (tertiary/aromatic N) is 2. The average Bonchev–Trinajstić information content (AvgIpc) is 3.24. The lowest BCUT2D eigenvalue weighted by Crippen LogP contribution is -2.42. The van der Waals surface area contributed by atoms with Crippen molar-refractivity contribution >= 4 is 27.6 Å². The highest BCUT2D eigenvalue weighted by molar-refractivity contribution is 7.91. The Labute approximate surface area is 183 Å². The fourth-order valence-corrected chi connectivity index (χ4v) is 6.76. The van der Waals surface area contributed by atoms with Crippen LogP contribution in [0.1, 0.15) is 89.4 Å². The molecular weight excluding hydrogens is 416 g/mol. The molecule has 3 aliphatic rings. The molecule has 168 valence electrons. The van der Waals surface area contributed by atoms with Crippen LogP contribution in [0, 0.1) is 0 Å². The second-order valence-corrected chi connectivity index (χ2v) is 11.2. The van der Waals surface area contributed by atoms with Gasteiger partial charge in [0.25, 0.3) is 17.7 Å². The molecular formula is C23H30N2O5S. The van der Waals surface area contributed by atoms with Crippen molar-refractivity contribution in [1.29, 1.82) is 0 Å². The van der Waals surface area contributed by atoms with E-state index in [1.165, 1.54) is 11.0 Å². The van der Waals surface area contributed by atoms with Crippen LogP contribution >= 0.6 is 0 Å². The minimum Gasteiger partial charge on any atom is -0.335 e. The molecule has 1 saturated heterocycles. The molecule has 1 unspecified atom stereocenters. The Balaban J connectivity index is 1.59. The Morgan fingerprint density at radius 2 is 1.77 bits per heavy atom. The van der Waals surface area contributed by atoms with Crippen LogP contribution in [0.5, 0.6) is 0 Å². The van der Waals surface area contributed by atoms with Crippen molar-refractivity contribution in [2.45, 2.75) is 70.4 Å². The zero-order valence-corrected chi connectivity index (χ0v) is 18.8. The van der Waals surface area contributed by atoms with Gasteiger partial charge in [0.1, 0.15) is 0 Å². The lowest BCUT2D eigenvalue weighted by atomic mass is 9.94. The maximum absolute atomic E-state index is 13.3. The summed E-state index contributed by atoms with van der Waals surface area (Å²) in [6, 6.07) is 4.30. The van der Waals surface area contributed by atoms with Gasteiger partial charge in [0.15, 0.2) is 9.84 Å². The highest BCUT2D eigenvalue weighted by Gasteiger charge is 2.41. The van der Waals surface area contributed by atoms with Gasteiger partial charge >= 0.3 is 0 Å². The molecule has 0 bridgehead atoms. The average molecular weight is 447 g/mol. The van der Waals surface area contributed by atoms with Crippen LogP contribution in [0.25, 0.3) is 0 Å². The van der Waals surface area contributed by atoms with E-state index in [0.29, 0.717) is 24.1 Å². The normalized spacial score (nSPS) is 23.3. The third-order valence-corrected chi connectivity index (χ3v) is 8.52. The number of amides is 3. The van der Waals surface area contributed by atoms with Gasteiger partial charge < -0.3 is 4.90 Å². The molecule has 1 aliphatic carbocycles. The van der Waals surface area contributed by atoms with Gasteiger partial charge in [0.2, 0.25) is 0 Å². The largest absolute Gasteiger partial charge is 0.335 e. The molecule has 1 aromatic carbocycles. The number of fused-ring (bicyclic) bond motifs is 1. The van der Waals surface area contributed by atoms with Crippen LogP contribution in [0.2, 0.25) is 0 Å². The van der Waals surface area contributed by atoms with E-state index in [2.05, 4.69) is 0 Å². The summed E-state index contributed by atoms with van der Waals surface area (Å²) in [6.07, 6.45) is 6.92. The molecule has 0 spiro atoms. The number of carbonyl (C=O) groups is 3. The van der Waals surface area contributed by atoms with Crippen LogP contribution in [0.4, 0.5) is 0 Å². The van der Waals surface area contributed by atoms with Crippen molar-refractivity contribution in [3.05, 3.63) is 34.9 Å². The zero-order valence-electron chi connectivity index (χ0n) is 18.0. The lowest BCUT2D eigenvalue weighted by Gasteiger charge is -2.29. The van der Waals surface area contributed by atoms with E-state index in [0.717, 1.165) is 44.9 Å². The van der Waals surface area contributed by atoms with Crippen molar-refractivity contribution in [2.75, 3.05) is 18.1 Å². The molecule has 0 N–H and O–H groups in total. The predicted molar refractivity (Wildman–Crippen MR) is 117 cm³/mol. The maximum Gasteiger partial charge on any atom is 0.261 e. The molecule has 1 atom stereocenters. The predicted octanol–water partition coefficient (Wildman–Crippen LogP) is 3.04. The van der Waals surface area contributed by atoms with Gasteiger partial charge in [-0.1, -0.05) is 32.6 Å². The molecule has 2 fully saturated rings. The highest BCUT2D eigenvalue weighted by Crippen LogP contribution is 2.32. The Kier molecular flexibility index (Phi) is 6.19. The lowest BCUT2D eigenvalue weighted by molar-refractivity contribution is 0.0548. The van der Waals surface area contributed by atoms with Gasteiger partial charge in [-0.05, 0) is 43.9 Å². The van der Waals surface area contributed by atoms with E-state index in [1.54, 1.807) is 17.0 Å². The van der Waals surface area contributed by atoms with Crippen molar-refractivity contribution in [3.63, 3.8) is 0 Å². The summed E-state index contributed by atoms with van der Waals surface area (Å²) in [5.74, 6) is -0.767. The van der Waals surface area contributed by atoms with Gasteiger partial charge in [-0.3, -0.25) is 19.3 Å². The topological polar surface area (TPSA) is 91.8 Å². The molecule has 1 aromatic rings. The van der Waals surface area contributed by atoms with Gasteiger partial charge in [-0.25, -0.2) is 8.42 Å². The Morgan fingerprint density at radius 3 is 2.42 bits per heavy atom. The summed E-state index contributed by atoms with van der Waals surface area (Å²) in [4.78, 5) is 42.3. The van der Waals surface area contributed by atoms with Crippen molar-refractivity contribution < 1.29 is 22.8 Å². The van der Waals surface area contributed by atoms with Crippen LogP contribution in [0.3, 0.4) is 0 Å². The Hall–Kier alpha value is -2.22. The molecule has 0 aromatic heterocycles. The molecule has 8 heteroatoms. The first-order valence-electron chi connectivity index (χ1n) is 11.4. The summed E-state index contributed by atoms with van der Waals surface area (Å²) in [5, 5.41) is 0. The summed E-state index contributed by atoms with van der Waals surface area (Å²) in [5.41, 5.74) is 0.984. The molecule has 7 nitrogen and oxygen atoms in total. The molecule has 2 heterocycles. The SMILES string of the molecule is CCCCN(C(=O)c1ccc2c(c1)C(=O)N(C1CCCCC1)C2=O)C1CCS(=O)(=O)C1. The van der Waals surface area contributed by atoms with Crippen molar-refractivity contribution in [1.82, 2.24) is 9.80 Å². The minimum atomic E-state index is -3.13. The fraction of sp³-hybridized carbons (Fsp3) is 0.609. The van der Waals surface area contributed by atoms with Crippen molar-refractivity contribution in [3.8, 4) is 0 Å². The minimum absolute atomic E-state index is 0.0136. The van der Waals surface area contributed by atoms with Crippen LogP contribution in [-0.4, -0.2) is 66.1 Å². The summed E-state index contributed by atoms with van der Waals surface area (Å²) in [7, 11) is -3.13. The van der Waals surface area contributed by atoms with E-state index in [-0.39, 0.29) is 46.9 Å². The number of hydrogen-bond donors (Lipinski definition) is 0. The number of unbranched alkanes of at least 4 members (excludes halogenated alkanes) is 1. The third-order valence-electron chi connectivity index (χ3n) is 6.77. The van der Waals surface area contributed by atoms with E-state index in [9.17, 15) is 22.8 Å². The van der Waals surface area contributed by atoms with Crippen LogP contribution in [-0.2, 0) is 9.84 Å². The first-order valence-corrected chi connectivity index (χ1v) is 13.2. The number of sulfone groups is 1. The number of rotatable bonds is 6. The number of carbonyl (C=O) groups excluding carboxylic acids is 3. The highest BCUT2D eigenvalue weighted by atomic mass is 32.2. The first-order chi connectivity index (χ1) is 14.8. The molecule has 31 heavy (non-hydrogen) atoms.